The van der Waals surface area contributed by atoms with Gasteiger partial charge in [-0.2, -0.15) is 5.10 Å². The molecule has 2 heterocycles. The van der Waals surface area contributed by atoms with Crippen molar-refractivity contribution in [3.05, 3.63) is 55.5 Å². The van der Waals surface area contributed by atoms with Crippen LogP contribution in [0.2, 0.25) is 0 Å². The lowest BCUT2D eigenvalue weighted by Gasteiger charge is -2.16. The summed E-state index contributed by atoms with van der Waals surface area (Å²) in [5.41, 5.74) is 7.67. The summed E-state index contributed by atoms with van der Waals surface area (Å²) in [5.74, 6) is -0.526. The summed E-state index contributed by atoms with van der Waals surface area (Å²) >= 11 is 0. The fraction of sp³-hybridized carbons (Fsp3) is 0.263. The number of hydrogen-bond acceptors (Lipinski definition) is 5. The van der Waals surface area contributed by atoms with Gasteiger partial charge in [-0.15, -0.1) is 13.2 Å². The first kappa shape index (κ1) is 19.9. The topological polar surface area (TPSA) is 112 Å². The van der Waals surface area contributed by atoms with Crippen molar-refractivity contribution in [3.63, 3.8) is 0 Å². The van der Waals surface area contributed by atoms with Crippen LogP contribution in [0.25, 0.3) is 11.3 Å². The molecule has 2 aromatic heterocycles. The Labute approximate surface area is 157 Å². The van der Waals surface area contributed by atoms with Crippen LogP contribution in [0.15, 0.2) is 49.8 Å². The molecule has 0 aliphatic carbocycles. The average Bonchev–Trinajstić information content (AvgIpc) is 3.00. The maximum Gasteiger partial charge on any atom is 0.405 e. The van der Waals surface area contributed by atoms with Gasteiger partial charge >= 0.3 is 6.09 Å². The number of aryl methyl sites for hydroxylation is 1. The summed E-state index contributed by atoms with van der Waals surface area (Å²) in [5, 5.41) is 7.08. The van der Waals surface area contributed by atoms with Gasteiger partial charge in [0.2, 0.25) is 5.91 Å². The van der Waals surface area contributed by atoms with Crippen molar-refractivity contribution in [2.24, 2.45) is 18.7 Å². The molecule has 2 atom stereocenters. The van der Waals surface area contributed by atoms with Gasteiger partial charge in [0.25, 0.3) is 0 Å². The van der Waals surface area contributed by atoms with E-state index >= 15 is 0 Å². The molecule has 8 nitrogen and oxygen atoms in total. The lowest BCUT2D eigenvalue weighted by Crippen LogP contribution is -2.19. The minimum atomic E-state index is -0.888. The van der Waals surface area contributed by atoms with Crippen molar-refractivity contribution in [3.8, 4) is 11.3 Å². The van der Waals surface area contributed by atoms with Crippen LogP contribution in [0, 0.1) is 5.92 Å². The number of carbonyl (C=O) groups is 2. The monoisotopic (exact) mass is 369 g/mol. The number of hydrogen-bond donors (Lipinski definition) is 2. The molecule has 2 amide bonds. The van der Waals surface area contributed by atoms with Gasteiger partial charge in [-0.05, 0) is 12.1 Å². The normalized spacial score (nSPS) is 12.7. The molecule has 2 rings (SSSR count). The third-order valence-corrected chi connectivity index (χ3v) is 3.99. The largest absolute Gasteiger partial charge is 0.440 e. The van der Waals surface area contributed by atoms with E-state index in [1.165, 1.54) is 0 Å². The number of nitrogens with zero attached hydrogens (tertiary/aromatic N) is 3. The quantitative estimate of drug-likeness (QED) is 0.695. The number of anilines is 1. The first-order chi connectivity index (χ1) is 12.9. The molecular formula is C19H23N5O3. The molecule has 0 aliphatic heterocycles. The molecule has 27 heavy (non-hydrogen) atoms. The lowest BCUT2D eigenvalue weighted by molar-refractivity contribution is -0.118. The predicted molar refractivity (Wildman–Crippen MR) is 103 cm³/mol. The molecule has 0 saturated heterocycles. The summed E-state index contributed by atoms with van der Waals surface area (Å²) in [4.78, 5) is 27.6. The molecule has 0 aromatic carbocycles. The van der Waals surface area contributed by atoms with E-state index in [4.69, 9.17) is 10.5 Å². The van der Waals surface area contributed by atoms with E-state index in [0.717, 1.165) is 5.56 Å². The molecule has 8 heteroatoms. The maximum atomic E-state index is 12.2. The van der Waals surface area contributed by atoms with Crippen LogP contribution in [0.1, 0.15) is 25.1 Å². The van der Waals surface area contributed by atoms with Crippen LogP contribution in [-0.2, 0) is 16.6 Å². The Morgan fingerprint density at radius 3 is 2.81 bits per heavy atom. The standard InChI is InChI=1S/C19H23N5O3/c1-5-7-16(27-19(20)26)14-10-13(8-9-21-14)17-15(11-22-24(17)4)23-18(25)12(3)6-2/h5-6,8-12,16H,1-2,7H2,3-4H3,(H2,20,26)(H,23,25)/t12-,16+/m1/s1. The molecule has 0 fully saturated rings. The van der Waals surface area contributed by atoms with E-state index in [9.17, 15) is 9.59 Å². The molecule has 3 N–H and O–H groups in total. The highest BCUT2D eigenvalue weighted by Crippen LogP contribution is 2.30. The Hall–Kier alpha value is -3.42. The van der Waals surface area contributed by atoms with Gasteiger partial charge in [-0.3, -0.25) is 14.5 Å². The second-order valence-corrected chi connectivity index (χ2v) is 5.96. The molecule has 0 spiro atoms. The summed E-state index contributed by atoms with van der Waals surface area (Å²) in [6, 6.07) is 3.54. The molecule has 0 radical (unpaired) electrons. The summed E-state index contributed by atoms with van der Waals surface area (Å²) in [6.07, 6.45) is 5.18. The van der Waals surface area contributed by atoms with Gasteiger partial charge in [0.1, 0.15) is 6.10 Å². The third-order valence-electron chi connectivity index (χ3n) is 3.99. The number of nitrogens with one attached hydrogen (secondary N) is 1. The van der Waals surface area contributed by atoms with Crippen LogP contribution in [0.4, 0.5) is 10.5 Å². The van der Waals surface area contributed by atoms with E-state index in [2.05, 4.69) is 28.6 Å². The van der Waals surface area contributed by atoms with Gasteiger partial charge < -0.3 is 15.8 Å². The molecule has 0 saturated carbocycles. The summed E-state index contributed by atoms with van der Waals surface area (Å²) < 4.78 is 6.77. The maximum absolute atomic E-state index is 12.2. The molecule has 0 bridgehead atoms. The van der Waals surface area contributed by atoms with Crippen molar-refractivity contribution in [2.75, 3.05) is 5.32 Å². The Morgan fingerprint density at radius 2 is 2.19 bits per heavy atom. The molecule has 0 aliphatic rings. The number of nitrogens with two attached hydrogens (primary N) is 1. The van der Waals surface area contributed by atoms with Gasteiger partial charge in [-0.25, -0.2) is 4.79 Å². The highest BCUT2D eigenvalue weighted by Gasteiger charge is 2.19. The Bertz CT molecular complexity index is 859. The minimum absolute atomic E-state index is 0.185. The number of aromatic nitrogens is 3. The number of rotatable bonds is 8. The van der Waals surface area contributed by atoms with Crippen LogP contribution in [0.5, 0.6) is 0 Å². The third kappa shape index (κ3) is 4.81. The zero-order valence-corrected chi connectivity index (χ0v) is 15.4. The number of primary amides is 1. The van der Waals surface area contributed by atoms with Crippen molar-refractivity contribution in [1.82, 2.24) is 14.8 Å². The first-order valence-corrected chi connectivity index (χ1v) is 8.36. The zero-order valence-electron chi connectivity index (χ0n) is 15.4. The van der Waals surface area contributed by atoms with Crippen LogP contribution < -0.4 is 11.1 Å². The molecule has 142 valence electrons. The van der Waals surface area contributed by atoms with E-state index in [1.54, 1.807) is 55.3 Å². The van der Waals surface area contributed by atoms with Crippen LogP contribution >= 0.6 is 0 Å². The van der Waals surface area contributed by atoms with Crippen LogP contribution in [0.3, 0.4) is 0 Å². The van der Waals surface area contributed by atoms with Crippen molar-refractivity contribution in [2.45, 2.75) is 19.4 Å². The number of pyridine rings is 1. The fourth-order valence-corrected chi connectivity index (χ4v) is 2.52. The predicted octanol–water partition coefficient (Wildman–Crippen LogP) is 2.96. The zero-order chi connectivity index (χ0) is 20.0. The van der Waals surface area contributed by atoms with Crippen LogP contribution in [-0.4, -0.2) is 26.8 Å². The van der Waals surface area contributed by atoms with Gasteiger partial charge in [0.15, 0.2) is 0 Å². The number of ether oxygens (including phenoxy) is 1. The number of amides is 2. The SMILES string of the molecule is C=CC[C@H](OC(N)=O)c1cc(-c2c(NC(=O)[C@H](C)C=C)cnn2C)ccn1. The van der Waals surface area contributed by atoms with E-state index < -0.39 is 12.2 Å². The first-order valence-electron chi connectivity index (χ1n) is 8.36. The second kappa shape index (κ2) is 8.79. The second-order valence-electron chi connectivity index (χ2n) is 5.96. The number of carbonyl (C=O) groups excluding carboxylic acids is 2. The van der Waals surface area contributed by atoms with Gasteiger partial charge in [-0.1, -0.05) is 19.1 Å². The smallest absolute Gasteiger partial charge is 0.405 e. The van der Waals surface area contributed by atoms with E-state index in [0.29, 0.717) is 23.5 Å². The van der Waals surface area contributed by atoms with Crippen molar-refractivity contribution < 1.29 is 14.3 Å². The van der Waals surface area contributed by atoms with Gasteiger partial charge in [0, 0.05) is 25.2 Å². The highest BCUT2D eigenvalue weighted by atomic mass is 16.6. The lowest BCUT2D eigenvalue weighted by atomic mass is 10.1. The van der Waals surface area contributed by atoms with E-state index in [-0.39, 0.29) is 11.8 Å². The molecular weight excluding hydrogens is 346 g/mol. The van der Waals surface area contributed by atoms with E-state index in [1.807, 2.05) is 0 Å². The highest BCUT2D eigenvalue weighted by molar-refractivity contribution is 5.96. The summed E-state index contributed by atoms with van der Waals surface area (Å²) in [6.45, 7) is 9.05. The summed E-state index contributed by atoms with van der Waals surface area (Å²) in [7, 11) is 1.77. The fourth-order valence-electron chi connectivity index (χ4n) is 2.52. The average molecular weight is 369 g/mol. The van der Waals surface area contributed by atoms with Crippen molar-refractivity contribution in [1.29, 1.82) is 0 Å². The van der Waals surface area contributed by atoms with Crippen molar-refractivity contribution >= 4 is 17.7 Å². The Kier molecular flexibility index (Phi) is 6.48. The van der Waals surface area contributed by atoms with Gasteiger partial charge in [0.05, 0.1) is 29.2 Å². The Morgan fingerprint density at radius 1 is 1.44 bits per heavy atom. The Balaban J connectivity index is 2.40. The molecule has 2 aromatic rings. The molecule has 0 unspecified atom stereocenters. The minimum Gasteiger partial charge on any atom is -0.440 e.